The minimum atomic E-state index is -0.991. The topological polar surface area (TPSA) is 235 Å². The molecule has 4 saturated heterocycles. The average molecular weight is 1210 g/mol. The average Bonchev–Trinajstić information content (AvgIpc) is 1.89. The molecule has 0 unspecified atom stereocenters. The second-order valence-electron chi connectivity index (χ2n) is 21.5. The molecule has 4 fully saturated rings. The SMILES string of the molecule is COc1ccccc1[C@@H](O)[C@H]1CC[C@H]2C(=O)N(Cc3cccc4ccccc34)C(=O)[C@H]2N1.COc1ccccc1[C@@H](O)[C@H]1CC[C@H]2C(=O)N(Cc3cccc4ccccc34)C(=O)[C@H]2N1Cc1ccc([N+](=O)[O-])cc1.O=[N+]([O-])c1ccc(CBr)cc1.[HH]. The Morgan fingerprint density at radius 2 is 1.00 bits per heavy atom. The molecule has 18 nitrogen and oxygen atoms in total. The van der Waals surface area contributed by atoms with E-state index in [1.54, 1.807) is 56.7 Å². The van der Waals surface area contributed by atoms with E-state index in [9.17, 15) is 49.6 Å². The third kappa shape index (κ3) is 12.6. The van der Waals surface area contributed by atoms with Crippen molar-refractivity contribution in [3.05, 3.63) is 236 Å². The molecule has 8 aromatic rings. The molecule has 8 aromatic carbocycles. The number of alkyl halides is 1. The summed E-state index contributed by atoms with van der Waals surface area (Å²) < 4.78 is 10.9. The number of nitrogens with zero attached hydrogens (tertiary/aromatic N) is 5. The highest BCUT2D eigenvalue weighted by Crippen LogP contribution is 2.43. The lowest BCUT2D eigenvalue weighted by atomic mass is 9.83. The van der Waals surface area contributed by atoms with Crippen LogP contribution in [0.5, 0.6) is 11.5 Å². The smallest absolute Gasteiger partial charge is 0.269 e. The minimum absolute atomic E-state index is 0. The number of nitro groups is 2. The third-order valence-electron chi connectivity index (χ3n) is 16.6. The maximum Gasteiger partial charge on any atom is 0.269 e. The highest BCUT2D eigenvalue weighted by atomic mass is 79.9. The van der Waals surface area contributed by atoms with Gasteiger partial charge in [0.1, 0.15) is 17.5 Å². The molecular formula is C66H65BrN6O12. The van der Waals surface area contributed by atoms with Crippen molar-refractivity contribution in [2.24, 2.45) is 11.8 Å². The van der Waals surface area contributed by atoms with Crippen LogP contribution in [0.2, 0.25) is 0 Å². The fourth-order valence-corrected chi connectivity index (χ4v) is 12.7. The number of carbonyl (C=O) groups is 4. The molecular weight excluding hydrogens is 1150 g/mol. The van der Waals surface area contributed by atoms with Crippen molar-refractivity contribution < 1.29 is 50.1 Å². The molecule has 0 aliphatic carbocycles. The van der Waals surface area contributed by atoms with Crippen LogP contribution in [0.3, 0.4) is 0 Å². The number of aliphatic hydroxyl groups excluding tert-OH is 2. The van der Waals surface area contributed by atoms with Crippen molar-refractivity contribution in [2.75, 3.05) is 14.2 Å². The zero-order chi connectivity index (χ0) is 59.9. The Kier molecular flexibility index (Phi) is 18.5. The number of halogens is 1. The maximum atomic E-state index is 14.1. The molecule has 0 aromatic heterocycles. The van der Waals surface area contributed by atoms with Crippen LogP contribution in [0.4, 0.5) is 11.4 Å². The molecule has 0 bridgehead atoms. The first-order chi connectivity index (χ1) is 41.2. The molecule has 8 atom stereocenters. The van der Waals surface area contributed by atoms with Crippen molar-refractivity contribution in [1.82, 2.24) is 20.0 Å². The number of hydrogen-bond acceptors (Lipinski definition) is 14. The lowest BCUT2D eigenvalue weighted by Crippen LogP contribution is -2.54. The van der Waals surface area contributed by atoms with E-state index in [0.717, 1.165) is 49.1 Å². The summed E-state index contributed by atoms with van der Waals surface area (Å²) in [5, 5.41) is 52.3. The molecule has 4 heterocycles. The van der Waals surface area contributed by atoms with E-state index < -0.39 is 52.0 Å². The molecule has 4 amide bonds. The number of methoxy groups -OCH3 is 2. The highest BCUT2D eigenvalue weighted by molar-refractivity contribution is 9.08. The summed E-state index contributed by atoms with van der Waals surface area (Å²) in [6, 6.07) is 52.6. The van der Waals surface area contributed by atoms with Gasteiger partial charge in [-0.1, -0.05) is 162 Å². The van der Waals surface area contributed by atoms with Crippen LogP contribution in [0, 0.1) is 32.1 Å². The van der Waals surface area contributed by atoms with Crippen LogP contribution in [0.15, 0.2) is 182 Å². The first-order valence-electron chi connectivity index (χ1n) is 28.0. The number of likely N-dealkylation sites (tertiary alicyclic amines) is 3. The van der Waals surface area contributed by atoms with Gasteiger partial charge in [0.25, 0.3) is 11.4 Å². The number of fused-ring (bicyclic) bond motifs is 4. The quantitative estimate of drug-likeness (QED) is 0.0375. The van der Waals surface area contributed by atoms with Gasteiger partial charge in [-0.25, -0.2) is 0 Å². The fourth-order valence-electron chi connectivity index (χ4n) is 12.3. The van der Waals surface area contributed by atoms with Crippen LogP contribution in [-0.4, -0.2) is 96.8 Å². The van der Waals surface area contributed by atoms with Crippen LogP contribution in [0.1, 0.15) is 72.7 Å². The van der Waals surface area contributed by atoms with Gasteiger partial charge in [0, 0.05) is 60.8 Å². The summed E-state index contributed by atoms with van der Waals surface area (Å²) in [7, 11) is 3.11. The molecule has 438 valence electrons. The zero-order valence-electron chi connectivity index (χ0n) is 46.7. The maximum absolute atomic E-state index is 14.1. The Morgan fingerprint density at radius 1 is 0.541 bits per heavy atom. The number of ether oxygens (including phenoxy) is 2. The van der Waals surface area contributed by atoms with E-state index in [1.165, 1.54) is 34.1 Å². The standard InChI is InChI=1S/C33H31N3O6.C26H26N2O4.C7H6BrNO2.H2/c1-42-29-12-5-4-11-26(29)31(37)28-18-17-27-30(34(28)19-21-13-15-24(16-14-21)36(40)41)33(39)35(32(27)38)20-23-9-6-8-22-7-2-3-10-25(22)23;1-32-22-12-5-4-11-19(22)24(29)21-14-13-20-23(27-21)26(31)28(25(20)30)15-17-9-6-8-16-7-2-3-10-18(16)17;8-5-6-1-3-7(4-2-6)9(10)11;/h2-16,27-28,30-31,37H,17-20H2,1H3;2-12,20-21,23-24,27,29H,13-15H2,1H3;1-4H,5H2;1H/t27-,28-,30+,31-;20-,21-,23+,24-;;/m11../s1. The summed E-state index contributed by atoms with van der Waals surface area (Å²) in [4.78, 5) is 79.5. The van der Waals surface area contributed by atoms with Crippen molar-refractivity contribution in [3.8, 4) is 11.5 Å². The molecule has 12 rings (SSSR count). The third-order valence-corrected chi connectivity index (χ3v) is 17.3. The number of non-ortho nitro benzene ring substituents is 2. The molecule has 4 aliphatic heterocycles. The van der Waals surface area contributed by atoms with Crippen molar-refractivity contribution in [1.29, 1.82) is 0 Å². The first kappa shape index (κ1) is 59.4. The number of para-hydroxylation sites is 2. The number of piperidine rings is 2. The van der Waals surface area contributed by atoms with E-state index in [-0.39, 0.29) is 62.1 Å². The number of carbonyl (C=O) groups excluding carboxylic acids is 4. The lowest BCUT2D eigenvalue weighted by molar-refractivity contribution is -0.385. The number of imide groups is 2. The Labute approximate surface area is 500 Å². The van der Waals surface area contributed by atoms with Gasteiger partial charge >= 0.3 is 0 Å². The van der Waals surface area contributed by atoms with Gasteiger partial charge in [-0.05, 0) is 81.6 Å². The van der Waals surface area contributed by atoms with E-state index >= 15 is 0 Å². The molecule has 0 spiro atoms. The van der Waals surface area contributed by atoms with Gasteiger partial charge in [0.2, 0.25) is 23.6 Å². The number of aliphatic hydroxyl groups is 2. The van der Waals surface area contributed by atoms with Gasteiger partial charge in [0.05, 0.1) is 67.2 Å². The molecule has 0 radical (unpaired) electrons. The van der Waals surface area contributed by atoms with Crippen LogP contribution >= 0.6 is 15.9 Å². The van der Waals surface area contributed by atoms with Gasteiger partial charge in [-0.2, -0.15) is 0 Å². The predicted molar refractivity (Wildman–Crippen MR) is 325 cm³/mol. The van der Waals surface area contributed by atoms with Crippen molar-refractivity contribution >= 4 is 72.5 Å². The number of benzene rings is 8. The Bertz CT molecular complexity index is 3770. The molecule has 85 heavy (non-hydrogen) atoms. The summed E-state index contributed by atoms with van der Waals surface area (Å²) in [6.45, 7) is 0.654. The summed E-state index contributed by atoms with van der Waals surface area (Å²) in [6.07, 6.45) is 0.271. The zero-order valence-corrected chi connectivity index (χ0v) is 48.3. The largest absolute Gasteiger partial charge is 0.496 e. The highest BCUT2D eigenvalue weighted by Gasteiger charge is 2.55. The van der Waals surface area contributed by atoms with E-state index in [1.807, 2.05) is 120 Å². The second kappa shape index (κ2) is 26.5. The van der Waals surface area contributed by atoms with Crippen molar-refractivity contribution in [3.63, 3.8) is 0 Å². The Morgan fingerprint density at radius 3 is 1.53 bits per heavy atom. The van der Waals surface area contributed by atoms with Gasteiger partial charge in [-0.15, -0.1) is 0 Å². The number of nitro benzene ring substituents is 2. The second-order valence-corrected chi connectivity index (χ2v) is 22.0. The minimum Gasteiger partial charge on any atom is -0.496 e. The number of rotatable bonds is 15. The first-order valence-corrected chi connectivity index (χ1v) is 29.1. The van der Waals surface area contributed by atoms with Gasteiger partial charge < -0.3 is 19.7 Å². The van der Waals surface area contributed by atoms with E-state index in [0.29, 0.717) is 48.3 Å². The van der Waals surface area contributed by atoms with Crippen LogP contribution in [-0.2, 0) is 44.1 Å². The Hall–Kier alpha value is -8.72. The number of nitrogens with one attached hydrogen (secondary N) is 1. The summed E-state index contributed by atoms with van der Waals surface area (Å²) >= 11 is 3.25. The van der Waals surface area contributed by atoms with Crippen LogP contribution in [0.25, 0.3) is 21.5 Å². The monoisotopic (exact) mass is 1210 g/mol. The molecule has 3 N–H and O–H groups in total. The van der Waals surface area contributed by atoms with Crippen molar-refractivity contribution in [2.45, 2.75) is 87.0 Å². The number of amides is 4. The van der Waals surface area contributed by atoms with Gasteiger partial charge in [0.15, 0.2) is 0 Å². The van der Waals surface area contributed by atoms with Gasteiger partial charge in [-0.3, -0.25) is 59.4 Å². The predicted octanol–water partition coefficient (Wildman–Crippen LogP) is 10.9. The Balaban J connectivity index is 0.000000177. The summed E-state index contributed by atoms with van der Waals surface area (Å²) in [5.74, 6) is -0.654. The number of hydrogen-bond donors (Lipinski definition) is 3. The fraction of sp³-hybridized carbons (Fsp3) is 0.273. The molecule has 0 saturated carbocycles. The van der Waals surface area contributed by atoms with E-state index in [4.69, 9.17) is 9.47 Å². The van der Waals surface area contributed by atoms with Crippen LogP contribution < -0.4 is 14.8 Å². The normalized spacial score (nSPS) is 20.8. The van der Waals surface area contributed by atoms with E-state index in [2.05, 4.69) is 21.2 Å². The summed E-state index contributed by atoms with van der Waals surface area (Å²) in [5.41, 5.74) is 5.00. The molecule has 4 aliphatic rings. The molecule has 19 heteroatoms. The lowest BCUT2D eigenvalue weighted by Gasteiger charge is -2.43.